The minimum absolute atomic E-state index is 0. The minimum Gasteiger partial charge on any atom is -0.326 e. The molecule has 0 aliphatic heterocycles. The molecule has 1 atom stereocenters. The first-order valence-corrected chi connectivity index (χ1v) is 12.7. The molecule has 7 nitrogen and oxygen atoms in total. The summed E-state index contributed by atoms with van der Waals surface area (Å²) in [4.78, 5) is 17.7. The Labute approximate surface area is 227 Å². The number of nitrogens with zero attached hydrogens (tertiary/aromatic N) is 3. The van der Waals surface area contributed by atoms with E-state index < -0.39 is 17.8 Å². The van der Waals surface area contributed by atoms with Crippen LogP contribution in [-0.4, -0.2) is 27.2 Å². The maximum absolute atomic E-state index is 13.5. The van der Waals surface area contributed by atoms with Gasteiger partial charge in [-0.2, -0.15) is 18.3 Å². The van der Waals surface area contributed by atoms with E-state index in [1.807, 2.05) is 17.5 Å². The Hall–Kier alpha value is -3.25. The Bertz CT molecular complexity index is 1390. The highest BCUT2D eigenvalue weighted by molar-refractivity contribution is 7.09. The number of benzene rings is 2. The molecule has 0 saturated heterocycles. The van der Waals surface area contributed by atoms with Crippen molar-refractivity contribution in [2.75, 3.05) is 11.9 Å². The van der Waals surface area contributed by atoms with E-state index in [2.05, 4.69) is 20.7 Å². The highest BCUT2D eigenvalue weighted by Gasteiger charge is 2.36. The fourth-order valence-electron chi connectivity index (χ4n) is 4.02. The van der Waals surface area contributed by atoms with E-state index in [4.69, 9.17) is 5.73 Å². The van der Waals surface area contributed by atoms with Crippen LogP contribution in [0.3, 0.4) is 0 Å². The highest BCUT2D eigenvalue weighted by Crippen LogP contribution is 2.32. The number of carbonyl (C=O) groups excluding carboxylic acids is 1. The summed E-state index contributed by atoms with van der Waals surface area (Å²) in [6.45, 7) is 1.06. The zero-order valence-corrected chi connectivity index (χ0v) is 21.7. The van der Waals surface area contributed by atoms with Crippen LogP contribution in [0.15, 0.2) is 66.2 Å². The number of hydrogen-bond acceptors (Lipinski definition) is 6. The third-order valence-corrected chi connectivity index (χ3v) is 6.95. The van der Waals surface area contributed by atoms with Gasteiger partial charge in [-0.15, -0.1) is 23.7 Å². The molecule has 200 valence electrons. The van der Waals surface area contributed by atoms with Gasteiger partial charge in [0.15, 0.2) is 5.69 Å². The van der Waals surface area contributed by atoms with Crippen LogP contribution in [0.1, 0.15) is 51.2 Å². The molecule has 2 heterocycles. The Kier molecular flexibility index (Phi) is 8.51. The SMILES string of the molecule is Cl.NCc1cccc(-n2nc(C(F)(F)F)cc2C(=O)Nc2cccc(C(NCC3CC3)c3nccs3)c2)c1. The van der Waals surface area contributed by atoms with E-state index in [0.717, 1.165) is 27.9 Å². The van der Waals surface area contributed by atoms with Gasteiger partial charge in [0, 0.05) is 29.9 Å². The van der Waals surface area contributed by atoms with Crippen molar-refractivity contribution < 1.29 is 18.0 Å². The van der Waals surface area contributed by atoms with Gasteiger partial charge in [-0.05, 0) is 60.7 Å². The summed E-state index contributed by atoms with van der Waals surface area (Å²) >= 11 is 1.53. The molecule has 2 aromatic heterocycles. The zero-order chi connectivity index (χ0) is 26.0. The second-order valence-corrected chi connectivity index (χ2v) is 9.86. The average molecular weight is 563 g/mol. The van der Waals surface area contributed by atoms with Crippen LogP contribution < -0.4 is 16.4 Å². The van der Waals surface area contributed by atoms with Gasteiger partial charge in [0.05, 0.1) is 11.7 Å². The van der Waals surface area contributed by atoms with E-state index >= 15 is 0 Å². The van der Waals surface area contributed by atoms with Crippen molar-refractivity contribution in [2.24, 2.45) is 11.7 Å². The second-order valence-electron chi connectivity index (χ2n) is 8.93. The van der Waals surface area contributed by atoms with Crippen LogP contribution in [0, 0.1) is 5.92 Å². The molecule has 0 radical (unpaired) electrons. The Morgan fingerprint density at radius 3 is 2.63 bits per heavy atom. The Morgan fingerprint density at radius 2 is 1.95 bits per heavy atom. The number of halogens is 4. The predicted octanol–water partition coefficient (Wildman–Crippen LogP) is 5.57. The lowest BCUT2D eigenvalue weighted by atomic mass is 10.1. The van der Waals surface area contributed by atoms with Crippen molar-refractivity contribution in [1.29, 1.82) is 0 Å². The molecule has 1 amide bonds. The molecule has 0 spiro atoms. The molecular formula is C26H26ClF3N6OS. The van der Waals surface area contributed by atoms with Crippen LogP contribution in [-0.2, 0) is 12.7 Å². The third kappa shape index (κ3) is 6.41. The van der Waals surface area contributed by atoms with E-state index in [0.29, 0.717) is 22.9 Å². The number of alkyl halides is 3. The normalized spacial score (nSPS) is 14.1. The number of anilines is 1. The van der Waals surface area contributed by atoms with Gasteiger partial charge in [-0.25, -0.2) is 9.67 Å². The van der Waals surface area contributed by atoms with Gasteiger partial charge in [-0.1, -0.05) is 24.3 Å². The number of nitrogens with two attached hydrogens (primary N) is 1. The summed E-state index contributed by atoms with van der Waals surface area (Å²) in [5, 5.41) is 12.8. The number of amides is 1. The van der Waals surface area contributed by atoms with Crippen LogP contribution in [0.25, 0.3) is 5.69 Å². The first-order valence-electron chi connectivity index (χ1n) is 11.8. The number of rotatable bonds is 9. The van der Waals surface area contributed by atoms with Crippen LogP contribution in [0.2, 0.25) is 0 Å². The summed E-state index contributed by atoms with van der Waals surface area (Å²) in [6.07, 6.45) is -0.554. The van der Waals surface area contributed by atoms with Crippen molar-refractivity contribution in [2.45, 2.75) is 31.6 Å². The molecular weight excluding hydrogens is 537 g/mol. The average Bonchev–Trinajstić information content (AvgIpc) is 3.35. The topological polar surface area (TPSA) is 97.9 Å². The Balaban J connectivity index is 0.00000336. The molecule has 38 heavy (non-hydrogen) atoms. The van der Waals surface area contributed by atoms with Gasteiger partial charge >= 0.3 is 6.18 Å². The molecule has 1 saturated carbocycles. The fourth-order valence-corrected chi connectivity index (χ4v) is 4.75. The molecule has 1 aliphatic carbocycles. The maximum atomic E-state index is 13.5. The van der Waals surface area contributed by atoms with Crippen molar-refractivity contribution in [3.8, 4) is 5.69 Å². The van der Waals surface area contributed by atoms with E-state index in [1.165, 1.54) is 24.2 Å². The molecule has 1 aliphatic rings. The molecule has 4 N–H and O–H groups in total. The summed E-state index contributed by atoms with van der Waals surface area (Å²) in [5.41, 5.74) is 6.65. The lowest BCUT2D eigenvalue weighted by Gasteiger charge is -2.18. The quantitative estimate of drug-likeness (QED) is 0.248. The minimum atomic E-state index is -4.71. The smallest absolute Gasteiger partial charge is 0.326 e. The van der Waals surface area contributed by atoms with Gasteiger partial charge in [0.25, 0.3) is 5.91 Å². The van der Waals surface area contributed by atoms with E-state index in [-0.39, 0.29) is 30.7 Å². The van der Waals surface area contributed by atoms with Crippen molar-refractivity contribution in [3.63, 3.8) is 0 Å². The van der Waals surface area contributed by atoms with Gasteiger partial charge < -0.3 is 16.4 Å². The number of hydrogen-bond donors (Lipinski definition) is 3. The molecule has 5 rings (SSSR count). The monoisotopic (exact) mass is 562 g/mol. The largest absolute Gasteiger partial charge is 0.435 e. The molecule has 1 unspecified atom stereocenters. The van der Waals surface area contributed by atoms with Gasteiger partial charge in [0.2, 0.25) is 0 Å². The number of aromatic nitrogens is 3. The lowest BCUT2D eigenvalue weighted by Crippen LogP contribution is -2.24. The molecule has 4 aromatic rings. The molecule has 0 bridgehead atoms. The second kappa shape index (κ2) is 11.6. The van der Waals surface area contributed by atoms with Crippen molar-refractivity contribution in [1.82, 2.24) is 20.1 Å². The third-order valence-electron chi connectivity index (χ3n) is 6.11. The first-order chi connectivity index (χ1) is 17.8. The number of thiazole rings is 1. The van der Waals surface area contributed by atoms with Crippen LogP contribution in [0.5, 0.6) is 0 Å². The highest BCUT2D eigenvalue weighted by atomic mass is 35.5. The van der Waals surface area contributed by atoms with Crippen molar-refractivity contribution >= 4 is 35.3 Å². The molecule has 2 aromatic carbocycles. The van der Waals surface area contributed by atoms with E-state index in [1.54, 1.807) is 42.6 Å². The summed E-state index contributed by atoms with van der Waals surface area (Å²) in [7, 11) is 0. The lowest BCUT2D eigenvalue weighted by molar-refractivity contribution is -0.141. The van der Waals surface area contributed by atoms with Crippen LogP contribution >= 0.6 is 23.7 Å². The standard InChI is InChI=1S/C26H25F3N6OS.ClH/c27-26(28,29)22-13-21(35(34-22)20-6-1-3-17(11-20)14-30)24(36)33-19-5-2-4-18(12-19)23(25-31-9-10-37-25)32-15-16-7-8-16;/h1-6,9-13,16,23,32H,7-8,14-15,30H2,(H,33,36);1H. The van der Waals surface area contributed by atoms with E-state index in [9.17, 15) is 18.0 Å². The summed E-state index contributed by atoms with van der Waals surface area (Å²) in [5.74, 6) is -0.0544. The maximum Gasteiger partial charge on any atom is 0.435 e. The van der Waals surface area contributed by atoms with Gasteiger partial charge in [0.1, 0.15) is 10.7 Å². The summed E-state index contributed by atoms with van der Waals surface area (Å²) in [6, 6.07) is 14.4. The summed E-state index contributed by atoms with van der Waals surface area (Å²) < 4.78 is 41.5. The number of carbonyl (C=O) groups is 1. The Morgan fingerprint density at radius 1 is 1.16 bits per heavy atom. The van der Waals surface area contributed by atoms with Crippen molar-refractivity contribution in [3.05, 3.63) is 93.7 Å². The zero-order valence-electron chi connectivity index (χ0n) is 20.1. The van der Waals surface area contributed by atoms with Gasteiger partial charge in [-0.3, -0.25) is 4.79 Å². The van der Waals surface area contributed by atoms with Crippen LogP contribution in [0.4, 0.5) is 18.9 Å². The fraction of sp³-hybridized carbons (Fsp3) is 0.269. The molecule has 1 fully saturated rings. The predicted molar refractivity (Wildman–Crippen MR) is 143 cm³/mol. The number of nitrogens with one attached hydrogen (secondary N) is 2. The molecule has 12 heteroatoms. The first kappa shape index (κ1) is 27.8.